The Kier molecular flexibility index (Phi) is 3.32. The molecule has 1 aliphatic heterocycles. The minimum atomic E-state index is -1.01. The second-order valence-corrected chi connectivity index (χ2v) is 6.79. The Morgan fingerprint density at radius 3 is 2.32 bits per heavy atom. The Morgan fingerprint density at radius 1 is 1.37 bits per heavy atom. The predicted molar refractivity (Wildman–Crippen MR) is 69.7 cm³/mol. The first-order chi connectivity index (χ1) is 8.59. The van der Waals surface area contributed by atoms with Gasteiger partial charge in [0.2, 0.25) is 0 Å². The van der Waals surface area contributed by atoms with Crippen LogP contribution in [0.4, 0.5) is 4.79 Å². The molecule has 6 nitrogen and oxygen atoms in total. The van der Waals surface area contributed by atoms with E-state index in [1.54, 1.807) is 7.11 Å². The summed E-state index contributed by atoms with van der Waals surface area (Å²) in [5, 5.41) is 10.5. The SMILES string of the molecule is COC1CC(N)(C2(O)CN(C(=O)OC(C)(C)C)C2)C1. The molecule has 19 heavy (non-hydrogen) atoms. The number of β-amino-alcohol motifs (C(OH)–C–C–N with tert-alkyl or cyclic N) is 1. The zero-order valence-electron chi connectivity index (χ0n) is 12.1. The van der Waals surface area contributed by atoms with E-state index in [-0.39, 0.29) is 19.2 Å². The predicted octanol–water partition coefficient (Wildman–Crippen LogP) is 0.474. The first-order valence-corrected chi connectivity index (χ1v) is 6.61. The molecule has 1 heterocycles. The van der Waals surface area contributed by atoms with Gasteiger partial charge in [0.1, 0.15) is 11.2 Å². The van der Waals surface area contributed by atoms with Crippen molar-refractivity contribution in [3.05, 3.63) is 0 Å². The number of methoxy groups -OCH3 is 1. The Balaban J connectivity index is 1.87. The molecule has 0 aromatic carbocycles. The lowest BCUT2D eigenvalue weighted by molar-refractivity contribution is -0.186. The normalized spacial score (nSPS) is 33.4. The molecule has 6 heteroatoms. The highest BCUT2D eigenvalue weighted by atomic mass is 16.6. The molecule has 110 valence electrons. The van der Waals surface area contributed by atoms with Gasteiger partial charge in [0, 0.05) is 7.11 Å². The van der Waals surface area contributed by atoms with E-state index in [1.165, 1.54) is 4.90 Å². The maximum atomic E-state index is 11.8. The van der Waals surface area contributed by atoms with Crippen LogP contribution in [-0.2, 0) is 9.47 Å². The quantitative estimate of drug-likeness (QED) is 0.763. The summed E-state index contributed by atoms with van der Waals surface area (Å²) < 4.78 is 10.4. The van der Waals surface area contributed by atoms with Gasteiger partial charge < -0.3 is 25.2 Å². The molecule has 3 N–H and O–H groups in total. The molecule has 1 amide bonds. The average molecular weight is 272 g/mol. The third kappa shape index (κ3) is 2.57. The monoisotopic (exact) mass is 272 g/mol. The van der Waals surface area contributed by atoms with Crippen molar-refractivity contribution in [3.8, 4) is 0 Å². The molecule has 1 saturated carbocycles. The van der Waals surface area contributed by atoms with Gasteiger partial charge in [-0.3, -0.25) is 0 Å². The summed E-state index contributed by atoms with van der Waals surface area (Å²) in [6.07, 6.45) is 0.970. The Labute approximate surface area is 113 Å². The topological polar surface area (TPSA) is 85.0 Å². The van der Waals surface area contributed by atoms with Crippen molar-refractivity contribution in [2.24, 2.45) is 5.73 Å². The van der Waals surface area contributed by atoms with E-state index >= 15 is 0 Å². The van der Waals surface area contributed by atoms with Crippen LogP contribution in [0, 0.1) is 0 Å². The van der Waals surface area contributed by atoms with E-state index in [0.717, 1.165) is 0 Å². The Hall–Kier alpha value is -0.850. The average Bonchev–Trinajstić information content (AvgIpc) is 2.17. The second-order valence-electron chi connectivity index (χ2n) is 6.79. The van der Waals surface area contributed by atoms with Gasteiger partial charge in [-0.2, -0.15) is 0 Å². The molecule has 0 aromatic heterocycles. The molecule has 0 spiro atoms. The second kappa shape index (κ2) is 4.33. The summed E-state index contributed by atoms with van der Waals surface area (Å²) in [5.74, 6) is 0. The molecule has 0 unspecified atom stereocenters. The fraction of sp³-hybridized carbons (Fsp3) is 0.923. The number of amides is 1. The van der Waals surface area contributed by atoms with Crippen molar-refractivity contribution < 1.29 is 19.4 Å². The third-order valence-corrected chi connectivity index (χ3v) is 4.00. The number of aliphatic hydroxyl groups is 1. The van der Waals surface area contributed by atoms with Gasteiger partial charge in [-0.05, 0) is 33.6 Å². The highest BCUT2D eigenvalue weighted by molar-refractivity contribution is 5.70. The van der Waals surface area contributed by atoms with Crippen molar-refractivity contribution in [1.82, 2.24) is 4.90 Å². The first kappa shape index (κ1) is 14.6. The number of hydrogen-bond acceptors (Lipinski definition) is 5. The van der Waals surface area contributed by atoms with E-state index in [9.17, 15) is 9.90 Å². The molecule has 0 radical (unpaired) electrons. The van der Waals surface area contributed by atoms with Crippen LogP contribution in [0.3, 0.4) is 0 Å². The fourth-order valence-corrected chi connectivity index (χ4v) is 2.66. The number of likely N-dealkylation sites (tertiary alicyclic amines) is 1. The van der Waals surface area contributed by atoms with E-state index < -0.39 is 22.8 Å². The van der Waals surface area contributed by atoms with Gasteiger partial charge in [-0.25, -0.2) is 4.79 Å². The summed E-state index contributed by atoms with van der Waals surface area (Å²) in [4.78, 5) is 13.3. The van der Waals surface area contributed by atoms with Gasteiger partial charge in [-0.1, -0.05) is 0 Å². The summed E-state index contributed by atoms with van der Waals surface area (Å²) in [7, 11) is 1.64. The first-order valence-electron chi connectivity index (χ1n) is 6.61. The van der Waals surface area contributed by atoms with E-state index in [1.807, 2.05) is 20.8 Å². The molecule has 2 rings (SSSR count). The van der Waals surface area contributed by atoms with Gasteiger partial charge in [0.25, 0.3) is 0 Å². The number of hydrogen-bond donors (Lipinski definition) is 2. The Bertz CT molecular complexity index is 365. The summed E-state index contributed by atoms with van der Waals surface area (Å²) >= 11 is 0. The van der Waals surface area contributed by atoms with Crippen LogP contribution in [0.15, 0.2) is 0 Å². The molecule has 2 aliphatic rings. The largest absolute Gasteiger partial charge is 0.444 e. The van der Waals surface area contributed by atoms with Crippen molar-refractivity contribution in [3.63, 3.8) is 0 Å². The summed E-state index contributed by atoms with van der Waals surface area (Å²) in [6.45, 7) is 5.91. The lowest BCUT2D eigenvalue weighted by Crippen LogP contribution is -2.81. The molecule has 0 bridgehead atoms. The number of rotatable bonds is 2. The van der Waals surface area contributed by atoms with Crippen LogP contribution >= 0.6 is 0 Å². The standard InChI is InChI=1S/C13H24N2O4/c1-11(2,3)19-10(16)15-7-13(17,8-15)12(14)5-9(6-12)18-4/h9,17H,5-8,14H2,1-4H3. The van der Waals surface area contributed by atoms with Gasteiger partial charge in [-0.15, -0.1) is 0 Å². The van der Waals surface area contributed by atoms with Crippen LogP contribution < -0.4 is 5.73 Å². The molecule has 0 atom stereocenters. The molecular formula is C13H24N2O4. The van der Waals surface area contributed by atoms with E-state index in [2.05, 4.69) is 0 Å². The maximum absolute atomic E-state index is 11.8. The molecular weight excluding hydrogens is 248 g/mol. The minimum Gasteiger partial charge on any atom is -0.444 e. The van der Waals surface area contributed by atoms with Crippen LogP contribution in [0.25, 0.3) is 0 Å². The molecule has 1 aliphatic carbocycles. The Morgan fingerprint density at radius 2 is 1.89 bits per heavy atom. The van der Waals surface area contributed by atoms with E-state index in [0.29, 0.717) is 12.8 Å². The van der Waals surface area contributed by atoms with Crippen molar-refractivity contribution in [2.75, 3.05) is 20.2 Å². The number of ether oxygens (including phenoxy) is 2. The molecule has 2 fully saturated rings. The number of carbonyl (C=O) groups is 1. The molecule has 0 aromatic rings. The van der Waals surface area contributed by atoms with Gasteiger partial charge in [0.05, 0.1) is 24.7 Å². The lowest BCUT2D eigenvalue weighted by atomic mass is 9.61. The minimum absolute atomic E-state index is 0.115. The van der Waals surface area contributed by atoms with Crippen LogP contribution in [0.1, 0.15) is 33.6 Å². The third-order valence-electron chi connectivity index (χ3n) is 4.00. The lowest BCUT2D eigenvalue weighted by Gasteiger charge is -2.60. The number of carbonyl (C=O) groups excluding carboxylic acids is 1. The summed E-state index contributed by atoms with van der Waals surface area (Å²) in [6, 6.07) is 0. The highest BCUT2D eigenvalue weighted by Gasteiger charge is 2.62. The maximum Gasteiger partial charge on any atom is 0.410 e. The van der Waals surface area contributed by atoms with Gasteiger partial charge >= 0.3 is 6.09 Å². The van der Waals surface area contributed by atoms with Crippen LogP contribution in [0.5, 0.6) is 0 Å². The smallest absolute Gasteiger partial charge is 0.410 e. The zero-order valence-corrected chi connectivity index (χ0v) is 12.1. The molecule has 1 saturated heterocycles. The van der Waals surface area contributed by atoms with Crippen LogP contribution in [-0.4, -0.2) is 59.1 Å². The fourth-order valence-electron chi connectivity index (χ4n) is 2.66. The number of nitrogens with zero attached hydrogens (tertiary/aromatic N) is 1. The van der Waals surface area contributed by atoms with E-state index in [4.69, 9.17) is 15.2 Å². The van der Waals surface area contributed by atoms with Crippen LogP contribution in [0.2, 0.25) is 0 Å². The summed E-state index contributed by atoms with van der Waals surface area (Å²) in [5.41, 5.74) is 4.00. The number of nitrogens with two attached hydrogens (primary N) is 1. The van der Waals surface area contributed by atoms with Gasteiger partial charge in [0.15, 0.2) is 0 Å². The van der Waals surface area contributed by atoms with Crippen molar-refractivity contribution >= 4 is 6.09 Å². The van der Waals surface area contributed by atoms with Crippen molar-refractivity contribution in [1.29, 1.82) is 0 Å². The van der Waals surface area contributed by atoms with Crippen molar-refractivity contribution in [2.45, 2.75) is 56.5 Å². The zero-order chi connectivity index (χ0) is 14.5. The highest BCUT2D eigenvalue weighted by Crippen LogP contribution is 2.44.